The Balaban J connectivity index is 2.53. The van der Waals surface area contributed by atoms with Crippen molar-refractivity contribution >= 4 is 24.0 Å². The van der Waals surface area contributed by atoms with E-state index in [1.165, 1.54) is 44.3 Å². The Hall–Kier alpha value is -2.97. The van der Waals surface area contributed by atoms with Gasteiger partial charge in [-0.25, -0.2) is 9.59 Å². The Morgan fingerprint density at radius 3 is 2.33 bits per heavy atom. The van der Waals surface area contributed by atoms with E-state index in [2.05, 4.69) is 10.1 Å². The highest BCUT2D eigenvalue weighted by Gasteiger charge is 2.18. The second kappa shape index (κ2) is 9.23. The summed E-state index contributed by atoms with van der Waals surface area (Å²) >= 11 is 0. The van der Waals surface area contributed by atoms with E-state index in [-0.39, 0.29) is 5.75 Å². The molecule has 0 saturated carbocycles. The first-order chi connectivity index (χ1) is 11.3. The molecule has 0 radical (unpaired) electrons. The molecule has 0 bridgehead atoms. The molecule has 0 aromatic heterocycles. The van der Waals surface area contributed by atoms with E-state index < -0.39 is 30.6 Å². The lowest BCUT2D eigenvalue weighted by Gasteiger charge is -2.11. The minimum Gasteiger partial charge on any atom is -0.449 e. The number of urea groups is 1. The molecule has 0 aliphatic rings. The van der Waals surface area contributed by atoms with Crippen LogP contribution in [-0.4, -0.2) is 37.7 Å². The van der Waals surface area contributed by atoms with Crippen molar-refractivity contribution in [1.29, 1.82) is 0 Å². The monoisotopic (exact) mass is 342 g/mol. The molecule has 0 aliphatic carbocycles. The number of esters is 1. The smallest absolute Gasteiger partial charge is 0.387 e. The van der Waals surface area contributed by atoms with Crippen molar-refractivity contribution in [2.24, 2.45) is 0 Å². The largest absolute Gasteiger partial charge is 0.449 e. The van der Waals surface area contributed by atoms with Gasteiger partial charge in [-0.3, -0.25) is 10.1 Å². The number of rotatable bonds is 6. The zero-order valence-electron chi connectivity index (χ0n) is 12.9. The standard InChI is InChI=1S/C15H16F2N2O5/c1-9(13(21)19-15(22)18-2)23-12(20)8-5-10-3-6-11(7-4-10)24-14(16)17/h3-9,14H,1-2H3,(H2,18,19,21,22)/b8-5+/t9-/m0/s1. The van der Waals surface area contributed by atoms with E-state index >= 15 is 0 Å². The predicted molar refractivity (Wildman–Crippen MR) is 80.3 cm³/mol. The van der Waals surface area contributed by atoms with Gasteiger partial charge < -0.3 is 14.8 Å². The Bertz CT molecular complexity index is 617. The van der Waals surface area contributed by atoms with Crippen molar-refractivity contribution in [3.05, 3.63) is 35.9 Å². The van der Waals surface area contributed by atoms with Gasteiger partial charge in [-0.15, -0.1) is 0 Å². The lowest BCUT2D eigenvalue weighted by atomic mass is 10.2. The van der Waals surface area contributed by atoms with Gasteiger partial charge in [-0.2, -0.15) is 8.78 Å². The van der Waals surface area contributed by atoms with Crippen LogP contribution < -0.4 is 15.4 Å². The number of alkyl halides is 2. The molecular weight excluding hydrogens is 326 g/mol. The Morgan fingerprint density at radius 1 is 1.17 bits per heavy atom. The minimum absolute atomic E-state index is 0.00998. The summed E-state index contributed by atoms with van der Waals surface area (Å²) in [5.74, 6) is -1.59. The van der Waals surface area contributed by atoms with Crippen molar-refractivity contribution in [1.82, 2.24) is 10.6 Å². The van der Waals surface area contributed by atoms with Crippen LogP contribution in [0.5, 0.6) is 5.75 Å². The van der Waals surface area contributed by atoms with Crippen LogP contribution in [0.15, 0.2) is 30.3 Å². The third kappa shape index (κ3) is 6.86. The van der Waals surface area contributed by atoms with Crippen molar-refractivity contribution in [3.8, 4) is 5.75 Å². The van der Waals surface area contributed by atoms with E-state index in [4.69, 9.17) is 4.74 Å². The fourth-order valence-electron chi connectivity index (χ4n) is 1.47. The lowest BCUT2D eigenvalue weighted by molar-refractivity contribution is -0.149. The number of carbonyl (C=O) groups excluding carboxylic acids is 3. The molecule has 0 saturated heterocycles. The van der Waals surface area contributed by atoms with Crippen LogP contribution in [-0.2, 0) is 14.3 Å². The van der Waals surface area contributed by atoms with Crippen molar-refractivity contribution in [2.45, 2.75) is 19.6 Å². The Kier molecular flexibility index (Phi) is 7.34. The molecule has 0 heterocycles. The molecule has 1 rings (SSSR count). The summed E-state index contributed by atoms with van der Waals surface area (Å²) in [6, 6.07) is 4.84. The topological polar surface area (TPSA) is 93.7 Å². The summed E-state index contributed by atoms with van der Waals surface area (Å²) in [5, 5.41) is 4.15. The molecule has 0 fully saturated rings. The van der Waals surface area contributed by atoms with Gasteiger partial charge in [-0.1, -0.05) is 12.1 Å². The van der Waals surface area contributed by atoms with Crippen LogP contribution in [0.1, 0.15) is 12.5 Å². The third-order valence-corrected chi connectivity index (χ3v) is 2.64. The summed E-state index contributed by atoms with van der Waals surface area (Å²) < 4.78 is 33.0. The van der Waals surface area contributed by atoms with E-state index in [1.54, 1.807) is 0 Å². The fraction of sp³-hybridized carbons (Fsp3) is 0.267. The van der Waals surface area contributed by atoms with Gasteiger partial charge in [0, 0.05) is 13.1 Å². The maximum Gasteiger partial charge on any atom is 0.387 e. The summed E-state index contributed by atoms with van der Waals surface area (Å²) in [5.41, 5.74) is 0.538. The van der Waals surface area contributed by atoms with Crippen LogP contribution in [0, 0.1) is 0 Å². The number of ether oxygens (including phenoxy) is 2. The van der Waals surface area contributed by atoms with E-state index in [0.717, 1.165) is 6.08 Å². The molecule has 0 spiro atoms. The number of imide groups is 1. The molecule has 3 amide bonds. The Morgan fingerprint density at radius 2 is 1.79 bits per heavy atom. The molecule has 2 N–H and O–H groups in total. The Labute approximate surface area is 136 Å². The number of carbonyl (C=O) groups is 3. The molecule has 0 unspecified atom stereocenters. The average Bonchev–Trinajstić information content (AvgIpc) is 2.53. The lowest BCUT2D eigenvalue weighted by Crippen LogP contribution is -2.43. The summed E-state index contributed by atoms with van der Waals surface area (Å²) in [6.07, 6.45) is 1.27. The maximum absolute atomic E-state index is 12.0. The first kappa shape index (κ1) is 19.1. The zero-order chi connectivity index (χ0) is 18.1. The third-order valence-electron chi connectivity index (χ3n) is 2.64. The summed E-state index contributed by atoms with van der Waals surface area (Å²) in [4.78, 5) is 34.0. The highest BCUT2D eigenvalue weighted by atomic mass is 19.3. The van der Waals surface area contributed by atoms with Crippen LogP contribution in [0.3, 0.4) is 0 Å². The number of halogens is 2. The van der Waals surface area contributed by atoms with Crippen LogP contribution in [0.2, 0.25) is 0 Å². The molecule has 1 aromatic carbocycles. The quantitative estimate of drug-likeness (QED) is 0.606. The number of amides is 3. The van der Waals surface area contributed by atoms with Gasteiger partial charge in [0.25, 0.3) is 5.91 Å². The molecule has 1 aromatic rings. The molecule has 0 aliphatic heterocycles. The second-order valence-corrected chi connectivity index (χ2v) is 4.43. The SMILES string of the molecule is CNC(=O)NC(=O)[C@H](C)OC(=O)/C=C/c1ccc(OC(F)F)cc1. The average molecular weight is 342 g/mol. The molecule has 9 heteroatoms. The molecule has 7 nitrogen and oxygen atoms in total. The van der Waals surface area contributed by atoms with Gasteiger partial charge >= 0.3 is 18.6 Å². The summed E-state index contributed by atoms with van der Waals surface area (Å²) in [6.45, 7) is -1.61. The highest BCUT2D eigenvalue weighted by molar-refractivity contribution is 5.97. The normalized spacial score (nSPS) is 11.9. The molecule has 130 valence electrons. The van der Waals surface area contributed by atoms with Crippen molar-refractivity contribution < 1.29 is 32.6 Å². The van der Waals surface area contributed by atoms with Gasteiger partial charge in [0.05, 0.1) is 0 Å². The molecule has 1 atom stereocenters. The molecular formula is C15H16F2N2O5. The first-order valence-electron chi connectivity index (χ1n) is 6.78. The number of hydrogen-bond acceptors (Lipinski definition) is 5. The van der Waals surface area contributed by atoms with Gasteiger partial charge in [0.15, 0.2) is 6.10 Å². The predicted octanol–water partition coefficient (Wildman–Crippen LogP) is 1.69. The molecule has 24 heavy (non-hydrogen) atoms. The highest BCUT2D eigenvalue weighted by Crippen LogP contribution is 2.15. The van der Waals surface area contributed by atoms with Crippen LogP contribution >= 0.6 is 0 Å². The van der Waals surface area contributed by atoms with Crippen LogP contribution in [0.4, 0.5) is 13.6 Å². The number of benzene rings is 1. The fourth-order valence-corrected chi connectivity index (χ4v) is 1.47. The number of hydrogen-bond donors (Lipinski definition) is 2. The van der Waals surface area contributed by atoms with E-state index in [9.17, 15) is 23.2 Å². The van der Waals surface area contributed by atoms with Gasteiger partial charge in [0.1, 0.15) is 5.75 Å². The summed E-state index contributed by atoms with van der Waals surface area (Å²) in [7, 11) is 1.33. The minimum atomic E-state index is -2.91. The van der Waals surface area contributed by atoms with Crippen molar-refractivity contribution in [2.75, 3.05) is 7.05 Å². The first-order valence-corrected chi connectivity index (χ1v) is 6.78. The second-order valence-electron chi connectivity index (χ2n) is 4.43. The van der Waals surface area contributed by atoms with Crippen molar-refractivity contribution in [3.63, 3.8) is 0 Å². The van der Waals surface area contributed by atoms with Gasteiger partial charge in [0.2, 0.25) is 0 Å². The van der Waals surface area contributed by atoms with Gasteiger partial charge in [-0.05, 0) is 30.7 Å². The maximum atomic E-state index is 12.0. The van der Waals surface area contributed by atoms with E-state index in [0.29, 0.717) is 5.56 Å². The van der Waals surface area contributed by atoms with E-state index in [1.807, 2.05) is 5.32 Å². The van der Waals surface area contributed by atoms with Crippen LogP contribution in [0.25, 0.3) is 6.08 Å². The zero-order valence-corrected chi connectivity index (χ0v) is 12.9. The number of nitrogens with one attached hydrogen (secondary N) is 2.